The van der Waals surface area contributed by atoms with Gasteiger partial charge in [-0.3, -0.25) is 4.79 Å². The van der Waals surface area contributed by atoms with Gasteiger partial charge in [0.15, 0.2) is 0 Å². The first kappa shape index (κ1) is 12.7. The van der Waals surface area contributed by atoms with Crippen molar-refractivity contribution in [3.05, 3.63) is 23.8 Å². The van der Waals surface area contributed by atoms with Crippen LogP contribution in [-0.2, 0) is 0 Å². The zero-order chi connectivity index (χ0) is 13.1. The Morgan fingerprint density at radius 2 is 2.22 bits per heavy atom. The Balaban J connectivity index is 2.05. The van der Waals surface area contributed by atoms with Crippen molar-refractivity contribution in [2.75, 3.05) is 6.54 Å². The maximum Gasteiger partial charge on any atom is 0.255 e. The van der Waals surface area contributed by atoms with Crippen LogP contribution in [0.25, 0.3) is 0 Å². The molecule has 0 spiro atoms. The molecule has 1 aliphatic rings. The average Bonchev–Trinajstić information content (AvgIpc) is 2.32. The van der Waals surface area contributed by atoms with Crippen molar-refractivity contribution in [3.8, 4) is 11.5 Å². The highest BCUT2D eigenvalue weighted by atomic mass is 16.3. The van der Waals surface area contributed by atoms with Crippen LogP contribution in [-0.4, -0.2) is 34.7 Å². The quantitative estimate of drug-likeness (QED) is 0.589. The molecule has 5 nitrogen and oxygen atoms in total. The number of rotatable bonds is 2. The molecule has 2 rings (SSSR count). The lowest BCUT2D eigenvalue weighted by atomic mass is 10.00. The summed E-state index contributed by atoms with van der Waals surface area (Å²) in [5, 5.41) is 25.1. The molecule has 0 bridgehead atoms. The fraction of sp³-hybridized carbons (Fsp3) is 0.462. The Labute approximate surface area is 106 Å². The molecule has 2 atom stereocenters. The molecule has 1 heterocycles. The van der Waals surface area contributed by atoms with Gasteiger partial charge < -0.3 is 20.8 Å². The van der Waals surface area contributed by atoms with Gasteiger partial charge in [0.2, 0.25) is 0 Å². The van der Waals surface area contributed by atoms with E-state index in [1.807, 2.05) is 0 Å². The minimum absolute atomic E-state index is 0.0309. The Morgan fingerprint density at radius 1 is 1.44 bits per heavy atom. The number of amides is 1. The number of phenols is 2. The molecule has 1 aromatic carbocycles. The standard InChI is InChI=1S/C13H18N2O3/c1-8-6-9(4-5-14-8)15-13(18)11-7-10(16)2-3-12(11)17/h2-3,7-9,14,16-17H,4-6H2,1H3,(H,15,18). The first-order chi connectivity index (χ1) is 8.56. The SMILES string of the molecule is CC1CC(NC(=O)c2cc(O)ccc2O)CCN1. The van der Waals surface area contributed by atoms with E-state index in [2.05, 4.69) is 17.6 Å². The number of hydrogen-bond acceptors (Lipinski definition) is 4. The van der Waals surface area contributed by atoms with E-state index >= 15 is 0 Å². The summed E-state index contributed by atoms with van der Waals surface area (Å²) in [4.78, 5) is 12.0. The molecular weight excluding hydrogens is 232 g/mol. The smallest absolute Gasteiger partial charge is 0.255 e. The highest BCUT2D eigenvalue weighted by Crippen LogP contribution is 2.22. The van der Waals surface area contributed by atoms with Crippen molar-refractivity contribution < 1.29 is 15.0 Å². The summed E-state index contributed by atoms with van der Waals surface area (Å²) < 4.78 is 0. The first-order valence-corrected chi connectivity index (χ1v) is 6.12. The van der Waals surface area contributed by atoms with Gasteiger partial charge in [-0.1, -0.05) is 0 Å². The molecule has 0 aromatic heterocycles. The van der Waals surface area contributed by atoms with Gasteiger partial charge in [-0.15, -0.1) is 0 Å². The molecule has 1 aliphatic heterocycles. The van der Waals surface area contributed by atoms with E-state index in [4.69, 9.17) is 0 Å². The van der Waals surface area contributed by atoms with Crippen molar-refractivity contribution in [2.45, 2.75) is 31.8 Å². The second-order valence-corrected chi connectivity index (χ2v) is 4.75. The van der Waals surface area contributed by atoms with Crippen LogP contribution in [0.2, 0.25) is 0 Å². The van der Waals surface area contributed by atoms with Crippen LogP contribution in [0.15, 0.2) is 18.2 Å². The van der Waals surface area contributed by atoms with E-state index in [0.29, 0.717) is 6.04 Å². The molecule has 18 heavy (non-hydrogen) atoms. The van der Waals surface area contributed by atoms with Gasteiger partial charge in [0, 0.05) is 12.1 Å². The fourth-order valence-electron chi connectivity index (χ4n) is 2.23. The zero-order valence-corrected chi connectivity index (χ0v) is 10.3. The molecule has 0 saturated carbocycles. The van der Waals surface area contributed by atoms with Crippen LogP contribution in [0.5, 0.6) is 11.5 Å². The monoisotopic (exact) mass is 250 g/mol. The third kappa shape index (κ3) is 2.92. The number of phenolic OH excluding ortho intramolecular Hbond substituents is 2. The van der Waals surface area contributed by atoms with Crippen LogP contribution in [0, 0.1) is 0 Å². The molecular formula is C13H18N2O3. The number of nitrogens with one attached hydrogen (secondary N) is 2. The lowest BCUT2D eigenvalue weighted by Crippen LogP contribution is -2.46. The van der Waals surface area contributed by atoms with Crippen LogP contribution in [0.1, 0.15) is 30.1 Å². The Bertz CT molecular complexity index is 448. The summed E-state index contributed by atoms with van der Waals surface area (Å²) in [5.74, 6) is -0.494. The summed E-state index contributed by atoms with van der Waals surface area (Å²) >= 11 is 0. The van der Waals surface area contributed by atoms with E-state index < -0.39 is 0 Å². The van der Waals surface area contributed by atoms with Crippen molar-refractivity contribution in [1.82, 2.24) is 10.6 Å². The third-order valence-electron chi connectivity index (χ3n) is 3.18. The Kier molecular flexibility index (Phi) is 3.72. The summed E-state index contributed by atoms with van der Waals surface area (Å²) in [6.07, 6.45) is 1.74. The molecule has 1 aromatic rings. The number of benzene rings is 1. The molecule has 1 amide bonds. The second kappa shape index (κ2) is 5.27. The van der Waals surface area contributed by atoms with Gasteiger partial charge in [0.1, 0.15) is 11.5 Å². The van der Waals surface area contributed by atoms with E-state index in [0.717, 1.165) is 19.4 Å². The number of carbonyl (C=O) groups excluding carboxylic acids is 1. The van der Waals surface area contributed by atoms with Gasteiger partial charge in [-0.05, 0) is 44.5 Å². The molecule has 98 valence electrons. The van der Waals surface area contributed by atoms with Crippen LogP contribution in [0.4, 0.5) is 0 Å². The summed E-state index contributed by atoms with van der Waals surface area (Å²) in [6.45, 7) is 2.95. The number of piperidine rings is 1. The third-order valence-corrected chi connectivity index (χ3v) is 3.18. The van der Waals surface area contributed by atoms with Crippen LogP contribution < -0.4 is 10.6 Å². The van der Waals surface area contributed by atoms with Gasteiger partial charge in [-0.2, -0.15) is 0 Å². The molecule has 4 N–H and O–H groups in total. The number of aromatic hydroxyl groups is 2. The summed E-state index contributed by atoms with van der Waals surface area (Å²) in [5.41, 5.74) is 0.112. The highest BCUT2D eigenvalue weighted by Gasteiger charge is 2.21. The van der Waals surface area contributed by atoms with E-state index in [9.17, 15) is 15.0 Å². The number of hydrogen-bond donors (Lipinski definition) is 4. The summed E-state index contributed by atoms with van der Waals surface area (Å²) in [6, 6.07) is 4.42. The van der Waals surface area contributed by atoms with E-state index in [1.54, 1.807) is 0 Å². The predicted octanol–water partition coefficient (Wildman–Crippen LogP) is 0.968. The molecule has 1 saturated heterocycles. The maximum absolute atomic E-state index is 12.0. The van der Waals surface area contributed by atoms with Crippen molar-refractivity contribution in [3.63, 3.8) is 0 Å². The highest BCUT2D eigenvalue weighted by molar-refractivity contribution is 5.97. The molecule has 2 unspecified atom stereocenters. The summed E-state index contributed by atoms with van der Waals surface area (Å²) in [7, 11) is 0. The van der Waals surface area contributed by atoms with E-state index in [-0.39, 0.29) is 29.0 Å². The Morgan fingerprint density at radius 3 is 2.94 bits per heavy atom. The van der Waals surface area contributed by atoms with E-state index in [1.165, 1.54) is 18.2 Å². The van der Waals surface area contributed by atoms with Crippen LogP contribution >= 0.6 is 0 Å². The van der Waals surface area contributed by atoms with Crippen molar-refractivity contribution in [2.24, 2.45) is 0 Å². The minimum Gasteiger partial charge on any atom is -0.508 e. The lowest BCUT2D eigenvalue weighted by Gasteiger charge is -2.28. The predicted molar refractivity (Wildman–Crippen MR) is 67.7 cm³/mol. The largest absolute Gasteiger partial charge is 0.508 e. The van der Waals surface area contributed by atoms with Gasteiger partial charge >= 0.3 is 0 Å². The first-order valence-electron chi connectivity index (χ1n) is 6.12. The molecule has 5 heteroatoms. The van der Waals surface area contributed by atoms with Crippen LogP contribution in [0.3, 0.4) is 0 Å². The normalized spacial score (nSPS) is 23.6. The molecule has 1 fully saturated rings. The topological polar surface area (TPSA) is 81.6 Å². The minimum atomic E-state index is -0.345. The molecule has 0 aliphatic carbocycles. The van der Waals surface area contributed by atoms with Gasteiger partial charge in [-0.25, -0.2) is 0 Å². The van der Waals surface area contributed by atoms with Gasteiger partial charge in [0.25, 0.3) is 5.91 Å². The number of carbonyl (C=O) groups is 1. The van der Waals surface area contributed by atoms with Gasteiger partial charge in [0.05, 0.1) is 5.56 Å². The fourth-order valence-corrected chi connectivity index (χ4v) is 2.23. The average molecular weight is 250 g/mol. The van der Waals surface area contributed by atoms with Crippen molar-refractivity contribution in [1.29, 1.82) is 0 Å². The zero-order valence-electron chi connectivity index (χ0n) is 10.3. The van der Waals surface area contributed by atoms with Crippen molar-refractivity contribution >= 4 is 5.91 Å². The lowest BCUT2D eigenvalue weighted by molar-refractivity contribution is 0.0922. The maximum atomic E-state index is 12.0. The Hall–Kier alpha value is -1.75. The molecule has 0 radical (unpaired) electrons. The second-order valence-electron chi connectivity index (χ2n) is 4.75.